The molecular weight excluding hydrogens is 326 g/mol. The summed E-state index contributed by atoms with van der Waals surface area (Å²) in [5.74, 6) is 0. The van der Waals surface area contributed by atoms with E-state index in [9.17, 15) is 16.8 Å². The molecule has 1 saturated heterocycles. The predicted molar refractivity (Wildman–Crippen MR) is 83.7 cm³/mol. The lowest BCUT2D eigenvalue weighted by Gasteiger charge is -2.30. The molecule has 0 bridgehead atoms. The standard InChI is InChI=1S/C14H21NO5S2/c1-11-6-8-12(9-7-11)22(18,19)14(20-21(2,16)17)13-5-3-4-10-15-13/h6-9,13-15H,3-5,10H2,1-2H3. The van der Waals surface area contributed by atoms with E-state index in [2.05, 4.69) is 5.32 Å². The highest BCUT2D eigenvalue weighted by Crippen LogP contribution is 2.25. The Morgan fingerprint density at radius 2 is 1.77 bits per heavy atom. The van der Waals surface area contributed by atoms with Gasteiger partial charge in [-0.15, -0.1) is 0 Å². The molecule has 0 amide bonds. The molecule has 0 spiro atoms. The molecule has 8 heteroatoms. The average Bonchev–Trinajstić information content (AvgIpc) is 2.45. The summed E-state index contributed by atoms with van der Waals surface area (Å²) in [4.78, 5) is 0.0686. The Morgan fingerprint density at radius 3 is 2.27 bits per heavy atom. The molecular formula is C14H21NO5S2. The Hall–Kier alpha value is -0.960. The fraction of sp³-hybridized carbons (Fsp3) is 0.571. The van der Waals surface area contributed by atoms with Crippen molar-refractivity contribution in [1.29, 1.82) is 0 Å². The summed E-state index contributed by atoms with van der Waals surface area (Å²) >= 11 is 0. The highest BCUT2D eigenvalue weighted by Gasteiger charge is 2.38. The van der Waals surface area contributed by atoms with Crippen LogP contribution in [0.5, 0.6) is 0 Å². The molecule has 0 aromatic heterocycles. The molecule has 0 aliphatic carbocycles. The van der Waals surface area contributed by atoms with Crippen LogP contribution < -0.4 is 5.32 Å². The van der Waals surface area contributed by atoms with Crippen LogP contribution in [0.15, 0.2) is 29.2 Å². The first-order chi connectivity index (χ1) is 10.2. The third-order valence-electron chi connectivity index (χ3n) is 3.60. The fourth-order valence-electron chi connectivity index (χ4n) is 2.48. The van der Waals surface area contributed by atoms with Crippen molar-refractivity contribution in [3.8, 4) is 0 Å². The van der Waals surface area contributed by atoms with Gasteiger partial charge in [0.1, 0.15) is 0 Å². The number of sulfone groups is 1. The van der Waals surface area contributed by atoms with Crippen molar-refractivity contribution >= 4 is 20.0 Å². The van der Waals surface area contributed by atoms with Gasteiger partial charge in [0.2, 0.25) is 9.84 Å². The van der Waals surface area contributed by atoms with Crippen LogP contribution in [0.2, 0.25) is 0 Å². The van der Waals surface area contributed by atoms with E-state index < -0.39 is 31.4 Å². The van der Waals surface area contributed by atoms with Crippen molar-refractivity contribution in [2.45, 2.75) is 42.6 Å². The number of hydrogen-bond donors (Lipinski definition) is 1. The molecule has 2 unspecified atom stereocenters. The molecule has 1 N–H and O–H groups in total. The predicted octanol–water partition coefficient (Wildman–Crippen LogP) is 1.21. The van der Waals surface area contributed by atoms with Gasteiger partial charge in [-0.2, -0.15) is 8.42 Å². The number of aryl methyl sites for hydroxylation is 1. The van der Waals surface area contributed by atoms with E-state index in [1.165, 1.54) is 12.1 Å². The van der Waals surface area contributed by atoms with Crippen LogP contribution in [0.1, 0.15) is 24.8 Å². The highest BCUT2D eigenvalue weighted by molar-refractivity contribution is 7.93. The Labute approximate surface area is 131 Å². The normalized spacial score (nSPS) is 21.5. The summed E-state index contributed by atoms with van der Waals surface area (Å²) in [6.07, 6.45) is 3.20. The molecule has 6 nitrogen and oxygen atoms in total. The third-order valence-corrected chi connectivity index (χ3v) is 6.25. The molecule has 1 aromatic rings. The molecule has 1 heterocycles. The Balaban J connectivity index is 2.39. The molecule has 2 rings (SSSR count). The molecule has 1 fully saturated rings. The first-order valence-electron chi connectivity index (χ1n) is 7.12. The minimum Gasteiger partial charge on any atom is -0.310 e. The smallest absolute Gasteiger partial charge is 0.265 e. The van der Waals surface area contributed by atoms with Crippen LogP contribution in [-0.4, -0.2) is 41.1 Å². The quantitative estimate of drug-likeness (QED) is 0.806. The van der Waals surface area contributed by atoms with Crippen molar-refractivity contribution in [2.75, 3.05) is 12.8 Å². The van der Waals surface area contributed by atoms with Gasteiger partial charge in [-0.25, -0.2) is 12.6 Å². The topological polar surface area (TPSA) is 89.5 Å². The van der Waals surface area contributed by atoms with E-state index in [4.69, 9.17) is 4.18 Å². The lowest BCUT2D eigenvalue weighted by atomic mass is 10.1. The zero-order valence-corrected chi connectivity index (χ0v) is 14.3. The summed E-state index contributed by atoms with van der Waals surface area (Å²) in [6, 6.07) is 5.78. The Kier molecular flexibility index (Phi) is 5.26. The molecule has 0 saturated carbocycles. The van der Waals surface area contributed by atoms with Crippen molar-refractivity contribution in [1.82, 2.24) is 5.32 Å². The first-order valence-corrected chi connectivity index (χ1v) is 10.5. The van der Waals surface area contributed by atoms with Gasteiger partial charge >= 0.3 is 0 Å². The lowest BCUT2D eigenvalue weighted by molar-refractivity contribution is 0.206. The van der Waals surface area contributed by atoms with E-state index in [1.54, 1.807) is 12.1 Å². The second-order valence-electron chi connectivity index (χ2n) is 5.58. The first kappa shape index (κ1) is 17.4. The van der Waals surface area contributed by atoms with Crippen molar-refractivity contribution in [3.05, 3.63) is 29.8 Å². The monoisotopic (exact) mass is 347 g/mol. The fourth-order valence-corrected chi connectivity index (χ4v) is 5.25. The maximum absolute atomic E-state index is 12.8. The Morgan fingerprint density at radius 1 is 1.14 bits per heavy atom. The van der Waals surface area contributed by atoms with Gasteiger partial charge in [-0.05, 0) is 38.4 Å². The van der Waals surface area contributed by atoms with Gasteiger partial charge in [-0.3, -0.25) is 0 Å². The van der Waals surface area contributed by atoms with Crippen LogP contribution in [0.4, 0.5) is 0 Å². The largest absolute Gasteiger partial charge is 0.310 e. The molecule has 1 aliphatic heterocycles. The van der Waals surface area contributed by atoms with Crippen LogP contribution in [0, 0.1) is 6.92 Å². The van der Waals surface area contributed by atoms with Gasteiger partial charge in [0.25, 0.3) is 10.1 Å². The van der Waals surface area contributed by atoms with Crippen LogP contribution >= 0.6 is 0 Å². The Bertz CT molecular complexity index is 704. The zero-order chi connectivity index (χ0) is 16.4. The molecule has 2 atom stereocenters. The van der Waals surface area contributed by atoms with Gasteiger partial charge in [-0.1, -0.05) is 24.1 Å². The zero-order valence-electron chi connectivity index (χ0n) is 12.7. The maximum atomic E-state index is 12.8. The van der Waals surface area contributed by atoms with Gasteiger partial charge in [0.15, 0.2) is 5.44 Å². The summed E-state index contributed by atoms with van der Waals surface area (Å²) in [7, 11) is -7.81. The van der Waals surface area contributed by atoms with Crippen LogP contribution in [0.3, 0.4) is 0 Å². The van der Waals surface area contributed by atoms with E-state index in [1.807, 2.05) is 6.92 Å². The van der Waals surface area contributed by atoms with E-state index in [-0.39, 0.29) is 4.90 Å². The average molecular weight is 347 g/mol. The van der Waals surface area contributed by atoms with E-state index >= 15 is 0 Å². The van der Waals surface area contributed by atoms with Crippen molar-refractivity contribution in [3.63, 3.8) is 0 Å². The molecule has 22 heavy (non-hydrogen) atoms. The number of hydrogen-bond acceptors (Lipinski definition) is 6. The lowest BCUT2D eigenvalue weighted by Crippen LogP contribution is -2.48. The maximum Gasteiger partial charge on any atom is 0.265 e. The van der Waals surface area contributed by atoms with Crippen molar-refractivity contribution < 1.29 is 21.0 Å². The van der Waals surface area contributed by atoms with Gasteiger partial charge in [0.05, 0.1) is 11.2 Å². The SMILES string of the molecule is Cc1ccc(S(=O)(=O)C(OS(C)(=O)=O)C2CCCCN2)cc1. The van der Waals surface area contributed by atoms with Crippen LogP contribution in [0.25, 0.3) is 0 Å². The minimum absolute atomic E-state index is 0.0686. The summed E-state index contributed by atoms with van der Waals surface area (Å²) in [6.45, 7) is 2.50. The third kappa shape index (κ3) is 4.28. The molecule has 1 aromatic carbocycles. The number of rotatable bonds is 5. The second-order valence-corrected chi connectivity index (χ2v) is 9.21. The minimum atomic E-state index is -3.91. The number of piperidine rings is 1. The molecule has 1 aliphatic rings. The van der Waals surface area contributed by atoms with Crippen molar-refractivity contribution in [2.24, 2.45) is 0 Å². The van der Waals surface area contributed by atoms with E-state index in [0.717, 1.165) is 24.7 Å². The molecule has 124 valence electrons. The summed E-state index contributed by atoms with van der Waals surface area (Å²) < 4.78 is 53.5. The number of benzene rings is 1. The summed E-state index contributed by atoms with van der Waals surface area (Å²) in [5.41, 5.74) is -0.513. The van der Waals surface area contributed by atoms with E-state index in [0.29, 0.717) is 13.0 Å². The van der Waals surface area contributed by atoms with Crippen LogP contribution in [-0.2, 0) is 24.1 Å². The highest BCUT2D eigenvalue weighted by atomic mass is 32.2. The summed E-state index contributed by atoms with van der Waals surface area (Å²) in [5, 5.41) is 3.06. The van der Waals surface area contributed by atoms with Gasteiger partial charge < -0.3 is 5.32 Å². The second kappa shape index (κ2) is 6.66. The van der Waals surface area contributed by atoms with Gasteiger partial charge in [0, 0.05) is 6.04 Å². The molecule has 0 radical (unpaired) electrons. The number of nitrogens with one attached hydrogen (secondary N) is 1.